The average molecular weight is 362 g/mol. The fourth-order valence-electron chi connectivity index (χ4n) is 3.78. The van der Waals surface area contributed by atoms with Gasteiger partial charge in [-0.05, 0) is 56.6 Å². The minimum absolute atomic E-state index is 0.519. The van der Waals surface area contributed by atoms with Gasteiger partial charge >= 0.3 is 0 Å². The number of fused-ring (bicyclic) bond motifs is 1. The Morgan fingerprint density at radius 3 is 2.85 bits per heavy atom. The summed E-state index contributed by atoms with van der Waals surface area (Å²) in [5.41, 5.74) is 4.33. The molecule has 1 aliphatic heterocycles. The second-order valence-corrected chi connectivity index (χ2v) is 7.42. The number of hydrogen-bond acceptors (Lipinski definition) is 4. The van der Waals surface area contributed by atoms with Crippen LogP contribution >= 0.6 is 0 Å². The fraction of sp³-hybridized carbons (Fsp3) is 0.364. The lowest BCUT2D eigenvalue weighted by Gasteiger charge is -2.32. The molecule has 0 saturated carbocycles. The first-order valence-electron chi connectivity index (χ1n) is 9.57. The van der Waals surface area contributed by atoms with Gasteiger partial charge in [0.05, 0.1) is 0 Å². The molecule has 3 heterocycles. The second-order valence-electron chi connectivity index (χ2n) is 7.42. The van der Waals surface area contributed by atoms with Crippen LogP contribution in [-0.4, -0.2) is 39.8 Å². The number of ether oxygens (including phenoxy) is 1. The molecule has 1 N–H and O–H groups in total. The Labute approximate surface area is 160 Å². The Hall–Kier alpha value is -2.66. The molecule has 5 heteroatoms. The molecule has 27 heavy (non-hydrogen) atoms. The molecule has 0 bridgehead atoms. The van der Waals surface area contributed by atoms with E-state index in [0.29, 0.717) is 12.5 Å². The summed E-state index contributed by atoms with van der Waals surface area (Å²) in [7, 11) is 0. The van der Waals surface area contributed by atoms with Crippen molar-refractivity contribution in [2.24, 2.45) is 0 Å². The summed E-state index contributed by atoms with van der Waals surface area (Å²) in [6.07, 6.45) is 4.05. The first-order valence-corrected chi connectivity index (χ1v) is 9.57. The maximum atomic E-state index is 5.92. The molecule has 3 aromatic rings. The van der Waals surface area contributed by atoms with Crippen LogP contribution < -0.4 is 4.74 Å². The van der Waals surface area contributed by atoms with Gasteiger partial charge in [0.1, 0.15) is 12.4 Å². The van der Waals surface area contributed by atoms with Crippen LogP contribution in [0.15, 0.2) is 54.7 Å². The molecule has 0 unspecified atom stereocenters. The van der Waals surface area contributed by atoms with Gasteiger partial charge < -0.3 is 4.74 Å². The summed E-state index contributed by atoms with van der Waals surface area (Å²) < 4.78 is 5.92. The SMILES string of the molecule is C=C(C)COc1ccccc1CN1CCC(c2[nH]nc3ncccc23)CC1. The van der Waals surface area contributed by atoms with Crippen molar-refractivity contribution in [2.45, 2.75) is 32.2 Å². The van der Waals surface area contributed by atoms with Crippen LogP contribution in [0.1, 0.15) is 36.9 Å². The molecule has 1 aromatic carbocycles. The molecular formula is C22H26N4O. The number of aromatic amines is 1. The molecule has 140 valence electrons. The zero-order chi connectivity index (χ0) is 18.6. The Morgan fingerprint density at radius 1 is 1.22 bits per heavy atom. The minimum Gasteiger partial charge on any atom is -0.489 e. The number of nitrogens with one attached hydrogen (secondary N) is 1. The number of para-hydroxylation sites is 1. The van der Waals surface area contributed by atoms with Gasteiger partial charge in [-0.2, -0.15) is 5.10 Å². The first-order chi connectivity index (χ1) is 13.2. The van der Waals surface area contributed by atoms with Crippen molar-refractivity contribution in [3.63, 3.8) is 0 Å². The maximum Gasteiger partial charge on any atom is 0.181 e. The predicted octanol–water partition coefficient (Wildman–Crippen LogP) is 4.29. The zero-order valence-electron chi connectivity index (χ0n) is 15.8. The summed E-state index contributed by atoms with van der Waals surface area (Å²) in [6.45, 7) is 9.54. The lowest BCUT2D eigenvalue weighted by molar-refractivity contribution is 0.200. The van der Waals surface area contributed by atoms with E-state index in [-0.39, 0.29) is 0 Å². The summed E-state index contributed by atoms with van der Waals surface area (Å²) in [5, 5.41) is 8.74. The number of rotatable bonds is 6. The summed E-state index contributed by atoms with van der Waals surface area (Å²) >= 11 is 0. The van der Waals surface area contributed by atoms with Gasteiger partial charge in [0, 0.05) is 35.3 Å². The summed E-state index contributed by atoms with van der Waals surface area (Å²) in [6, 6.07) is 12.4. The van der Waals surface area contributed by atoms with E-state index in [2.05, 4.69) is 50.9 Å². The van der Waals surface area contributed by atoms with Gasteiger partial charge in [0.25, 0.3) is 0 Å². The van der Waals surface area contributed by atoms with E-state index in [0.717, 1.165) is 54.8 Å². The summed E-state index contributed by atoms with van der Waals surface area (Å²) in [5.74, 6) is 1.48. The Kier molecular flexibility index (Phi) is 5.21. The largest absolute Gasteiger partial charge is 0.489 e. The number of benzene rings is 1. The molecule has 0 spiro atoms. The molecule has 1 fully saturated rings. The van der Waals surface area contributed by atoms with E-state index < -0.39 is 0 Å². The molecule has 1 saturated heterocycles. The van der Waals surface area contributed by atoms with Gasteiger partial charge in [-0.25, -0.2) is 4.98 Å². The van der Waals surface area contributed by atoms with Gasteiger partial charge in [-0.15, -0.1) is 0 Å². The van der Waals surface area contributed by atoms with E-state index in [9.17, 15) is 0 Å². The van der Waals surface area contributed by atoms with Crippen LogP contribution in [-0.2, 0) is 6.54 Å². The van der Waals surface area contributed by atoms with Crippen molar-refractivity contribution in [1.82, 2.24) is 20.1 Å². The topological polar surface area (TPSA) is 54.0 Å². The number of likely N-dealkylation sites (tertiary alicyclic amines) is 1. The lowest BCUT2D eigenvalue weighted by Crippen LogP contribution is -2.32. The van der Waals surface area contributed by atoms with E-state index in [1.54, 1.807) is 6.20 Å². The van der Waals surface area contributed by atoms with Gasteiger partial charge in [0.15, 0.2) is 5.65 Å². The van der Waals surface area contributed by atoms with E-state index >= 15 is 0 Å². The highest BCUT2D eigenvalue weighted by Gasteiger charge is 2.24. The van der Waals surface area contributed by atoms with Crippen molar-refractivity contribution in [3.8, 4) is 5.75 Å². The molecule has 2 aromatic heterocycles. The molecule has 4 rings (SSSR count). The van der Waals surface area contributed by atoms with E-state index in [1.165, 1.54) is 11.3 Å². The fourth-order valence-corrected chi connectivity index (χ4v) is 3.78. The molecule has 0 amide bonds. The molecular weight excluding hydrogens is 336 g/mol. The molecule has 0 atom stereocenters. The van der Waals surface area contributed by atoms with Crippen molar-refractivity contribution in [2.75, 3.05) is 19.7 Å². The van der Waals surface area contributed by atoms with Crippen molar-refractivity contribution < 1.29 is 4.74 Å². The quantitative estimate of drug-likeness (QED) is 0.665. The highest BCUT2D eigenvalue weighted by atomic mass is 16.5. The van der Waals surface area contributed by atoms with Gasteiger partial charge in [-0.1, -0.05) is 24.8 Å². The van der Waals surface area contributed by atoms with Crippen LogP contribution in [0.25, 0.3) is 11.0 Å². The first kappa shape index (κ1) is 17.7. The number of aromatic nitrogens is 3. The standard InChI is InChI=1S/C22H26N4O/c1-16(2)15-27-20-8-4-3-6-18(20)14-26-12-9-17(10-13-26)21-19-7-5-11-23-22(19)25-24-21/h3-8,11,17H,1,9-10,12-15H2,2H3,(H,23,24,25). The Balaban J connectivity index is 1.39. The van der Waals surface area contributed by atoms with Crippen LogP contribution in [0.4, 0.5) is 0 Å². The monoisotopic (exact) mass is 362 g/mol. The van der Waals surface area contributed by atoms with E-state index in [4.69, 9.17) is 4.74 Å². The third-order valence-corrected chi connectivity index (χ3v) is 5.20. The number of piperidine rings is 1. The molecule has 1 aliphatic rings. The minimum atomic E-state index is 0.519. The van der Waals surface area contributed by atoms with Crippen LogP contribution in [0.5, 0.6) is 5.75 Å². The Morgan fingerprint density at radius 2 is 2.04 bits per heavy atom. The van der Waals surface area contributed by atoms with Crippen molar-refractivity contribution in [3.05, 3.63) is 66.0 Å². The summed E-state index contributed by atoms with van der Waals surface area (Å²) in [4.78, 5) is 6.84. The van der Waals surface area contributed by atoms with E-state index in [1.807, 2.05) is 19.1 Å². The smallest absolute Gasteiger partial charge is 0.181 e. The van der Waals surface area contributed by atoms with Crippen LogP contribution in [0, 0.1) is 0 Å². The average Bonchev–Trinajstić information content (AvgIpc) is 3.12. The predicted molar refractivity (Wildman–Crippen MR) is 108 cm³/mol. The third kappa shape index (κ3) is 4.03. The number of H-pyrrole nitrogens is 1. The lowest BCUT2D eigenvalue weighted by atomic mass is 9.92. The Bertz CT molecular complexity index is 925. The molecule has 0 radical (unpaired) electrons. The normalized spacial score (nSPS) is 15.9. The number of pyridine rings is 1. The zero-order valence-corrected chi connectivity index (χ0v) is 15.8. The number of hydrogen-bond donors (Lipinski definition) is 1. The molecule has 0 aliphatic carbocycles. The highest BCUT2D eigenvalue weighted by molar-refractivity contribution is 5.77. The van der Waals surface area contributed by atoms with Gasteiger partial charge in [-0.3, -0.25) is 10.00 Å². The van der Waals surface area contributed by atoms with Crippen molar-refractivity contribution >= 4 is 11.0 Å². The van der Waals surface area contributed by atoms with Crippen LogP contribution in [0.2, 0.25) is 0 Å². The van der Waals surface area contributed by atoms with Crippen LogP contribution in [0.3, 0.4) is 0 Å². The second kappa shape index (κ2) is 7.92. The molecule has 5 nitrogen and oxygen atoms in total. The third-order valence-electron chi connectivity index (χ3n) is 5.20. The maximum absolute atomic E-state index is 5.92. The highest BCUT2D eigenvalue weighted by Crippen LogP contribution is 2.32. The number of nitrogens with zero attached hydrogens (tertiary/aromatic N) is 3. The van der Waals surface area contributed by atoms with Crippen molar-refractivity contribution in [1.29, 1.82) is 0 Å². The van der Waals surface area contributed by atoms with Gasteiger partial charge in [0.2, 0.25) is 0 Å².